The van der Waals surface area contributed by atoms with Crippen LogP contribution in [0.1, 0.15) is 5.56 Å². The molecule has 0 bridgehead atoms. The quantitative estimate of drug-likeness (QED) is 0.381. The first-order chi connectivity index (χ1) is 14.5. The molecule has 0 saturated carbocycles. The lowest BCUT2D eigenvalue weighted by atomic mass is 10.00. The smallest absolute Gasteiger partial charge is 0.338 e. The largest absolute Gasteiger partial charge is 0.466 e. The van der Waals surface area contributed by atoms with Crippen LogP contribution < -0.4 is 0 Å². The molecule has 4 aromatic rings. The van der Waals surface area contributed by atoms with Gasteiger partial charge in [0.25, 0.3) is 0 Å². The van der Waals surface area contributed by atoms with Crippen LogP contribution >= 0.6 is 0 Å². The monoisotopic (exact) mass is 402 g/mol. The third-order valence-corrected chi connectivity index (χ3v) is 5.44. The predicted octanol–water partition coefficient (Wildman–Crippen LogP) is 4.07. The number of carbonyl (C=O) groups excluding carboxylic acids is 2. The highest BCUT2D eigenvalue weighted by atomic mass is 16.5. The summed E-state index contributed by atoms with van der Waals surface area (Å²) < 4.78 is 13.9. The Morgan fingerprint density at radius 1 is 0.867 bits per heavy atom. The normalized spacial score (nSPS) is 11.8. The summed E-state index contributed by atoms with van der Waals surface area (Å²) in [5.74, 6) is -1.22. The second-order valence-corrected chi connectivity index (χ2v) is 7.02. The van der Waals surface area contributed by atoms with Gasteiger partial charge in [0.1, 0.15) is 0 Å². The van der Waals surface area contributed by atoms with E-state index in [9.17, 15) is 9.59 Å². The lowest BCUT2D eigenvalue weighted by molar-refractivity contribution is -0.136. The van der Waals surface area contributed by atoms with Crippen LogP contribution in [0.25, 0.3) is 38.8 Å². The van der Waals surface area contributed by atoms with Gasteiger partial charge in [0.15, 0.2) is 0 Å². The van der Waals surface area contributed by atoms with Crippen LogP contribution in [-0.2, 0) is 33.2 Å². The van der Waals surface area contributed by atoms with Crippen LogP contribution in [0.3, 0.4) is 0 Å². The Morgan fingerprint density at radius 2 is 1.53 bits per heavy atom. The molecule has 0 fully saturated rings. The van der Waals surface area contributed by atoms with Crippen LogP contribution in [0.4, 0.5) is 0 Å². The summed E-state index contributed by atoms with van der Waals surface area (Å²) in [6.45, 7) is 0. The third-order valence-electron chi connectivity index (χ3n) is 5.44. The van der Waals surface area contributed by atoms with Crippen LogP contribution in [0.5, 0.6) is 0 Å². The minimum atomic E-state index is -0.619. The molecule has 0 aliphatic heterocycles. The van der Waals surface area contributed by atoms with E-state index < -0.39 is 11.9 Å². The van der Waals surface area contributed by atoms with Crippen molar-refractivity contribution in [1.29, 1.82) is 0 Å². The molecule has 0 unspecified atom stereocenters. The minimum absolute atomic E-state index is 0.154. The lowest BCUT2D eigenvalue weighted by Gasteiger charge is -2.12. The van der Waals surface area contributed by atoms with Crippen molar-refractivity contribution in [3.63, 3.8) is 0 Å². The first kappa shape index (κ1) is 19.5. The highest BCUT2D eigenvalue weighted by molar-refractivity contribution is 6.25. The minimum Gasteiger partial charge on any atom is -0.466 e. The van der Waals surface area contributed by atoms with Gasteiger partial charge in [0.2, 0.25) is 0 Å². The van der Waals surface area contributed by atoms with E-state index in [1.165, 1.54) is 20.3 Å². The molecule has 0 radical (unpaired) electrons. The molecule has 6 nitrogen and oxygen atoms in total. The van der Waals surface area contributed by atoms with Gasteiger partial charge in [-0.25, -0.2) is 9.59 Å². The fraction of sp³-hybridized carbons (Fsp3) is 0.167. The zero-order valence-electron chi connectivity index (χ0n) is 17.3. The van der Waals surface area contributed by atoms with Gasteiger partial charge in [-0.3, -0.25) is 0 Å². The zero-order chi connectivity index (χ0) is 21.4. The fourth-order valence-corrected chi connectivity index (χ4v) is 4.00. The van der Waals surface area contributed by atoms with Gasteiger partial charge in [-0.05, 0) is 18.2 Å². The number of fused-ring (bicyclic) bond motifs is 2. The summed E-state index contributed by atoms with van der Waals surface area (Å²) in [6.07, 6.45) is 1.19. The van der Waals surface area contributed by atoms with Crippen molar-refractivity contribution in [1.82, 2.24) is 9.13 Å². The van der Waals surface area contributed by atoms with Gasteiger partial charge in [0.05, 0.1) is 31.2 Å². The average Bonchev–Trinajstić information content (AvgIpc) is 3.25. The van der Waals surface area contributed by atoms with Crippen LogP contribution in [0, 0.1) is 0 Å². The van der Waals surface area contributed by atoms with Crippen LogP contribution in [0.2, 0.25) is 0 Å². The van der Waals surface area contributed by atoms with Crippen LogP contribution in [-0.4, -0.2) is 35.3 Å². The molecule has 0 N–H and O–H groups in total. The molecule has 0 aliphatic rings. The standard InChI is InChI=1S/C24H22N2O4/c1-25-18-11-7-5-9-15(18)13-20(25)23-22(16-10-6-8-12-19(16)26(23)2)17(24(28)30-4)14-21(27)29-3/h5-14H,1-4H3/b17-14-. The van der Waals surface area contributed by atoms with E-state index in [-0.39, 0.29) is 5.57 Å². The molecule has 6 heteroatoms. The molecule has 152 valence electrons. The van der Waals surface area contributed by atoms with Gasteiger partial charge in [0, 0.05) is 47.5 Å². The number of carbonyl (C=O) groups is 2. The van der Waals surface area contributed by atoms with Crippen molar-refractivity contribution >= 4 is 39.3 Å². The number of methoxy groups -OCH3 is 2. The Bertz CT molecular complexity index is 1320. The van der Waals surface area contributed by atoms with E-state index in [2.05, 4.69) is 10.6 Å². The molecule has 4 rings (SSSR count). The Morgan fingerprint density at radius 3 is 2.20 bits per heavy atom. The first-order valence-corrected chi connectivity index (χ1v) is 9.48. The third kappa shape index (κ3) is 2.97. The molecule has 0 atom stereocenters. The predicted molar refractivity (Wildman–Crippen MR) is 117 cm³/mol. The number of ether oxygens (including phenoxy) is 2. The van der Waals surface area contributed by atoms with Crippen molar-refractivity contribution in [2.75, 3.05) is 14.2 Å². The molecule has 0 saturated heterocycles. The SMILES string of the molecule is COC(=O)/C=C(\C(=O)OC)c1c(-c2cc3ccccc3n2C)n(C)c2ccccc12. The average molecular weight is 402 g/mol. The molecule has 0 aliphatic carbocycles. The number of para-hydroxylation sites is 2. The van der Waals surface area contributed by atoms with E-state index in [0.29, 0.717) is 5.56 Å². The van der Waals surface area contributed by atoms with Crippen molar-refractivity contribution < 1.29 is 19.1 Å². The Hall–Kier alpha value is -3.80. The van der Waals surface area contributed by atoms with Gasteiger partial charge in [-0.1, -0.05) is 36.4 Å². The molecule has 30 heavy (non-hydrogen) atoms. The maximum atomic E-state index is 12.7. The molecule has 0 amide bonds. The summed E-state index contributed by atoms with van der Waals surface area (Å²) >= 11 is 0. The Kier molecular flexibility index (Phi) is 4.91. The maximum absolute atomic E-state index is 12.7. The number of nitrogens with zero attached hydrogens (tertiary/aromatic N) is 2. The number of hydrogen-bond donors (Lipinski definition) is 0. The van der Waals surface area contributed by atoms with Gasteiger partial charge in [-0.15, -0.1) is 0 Å². The number of esters is 2. The molecule has 2 aromatic heterocycles. The fourth-order valence-electron chi connectivity index (χ4n) is 4.00. The number of aromatic nitrogens is 2. The number of benzene rings is 2. The summed E-state index contributed by atoms with van der Waals surface area (Å²) in [6, 6.07) is 17.9. The Labute approximate surface area is 173 Å². The molecule has 2 aromatic carbocycles. The summed E-state index contributed by atoms with van der Waals surface area (Å²) in [4.78, 5) is 24.8. The van der Waals surface area contributed by atoms with Crippen molar-refractivity contribution in [2.45, 2.75) is 0 Å². The molecular formula is C24H22N2O4. The van der Waals surface area contributed by atoms with E-state index in [4.69, 9.17) is 9.47 Å². The number of rotatable bonds is 4. The second kappa shape index (κ2) is 7.55. The van der Waals surface area contributed by atoms with E-state index in [1.54, 1.807) is 0 Å². The summed E-state index contributed by atoms with van der Waals surface area (Å²) in [7, 11) is 6.52. The van der Waals surface area contributed by atoms with Gasteiger partial charge < -0.3 is 18.6 Å². The van der Waals surface area contributed by atoms with E-state index >= 15 is 0 Å². The summed E-state index contributed by atoms with van der Waals surface area (Å²) in [5, 5.41) is 1.93. The first-order valence-electron chi connectivity index (χ1n) is 9.48. The van der Waals surface area contributed by atoms with Crippen molar-refractivity contribution in [2.24, 2.45) is 14.1 Å². The lowest BCUT2D eigenvalue weighted by Crippen LogP contribution is -2.09. The number of aryl methyl sites for hydroxylation is 2. The van der Waals surface area contributed by atoms with Gasteiger partial charge in [-0.2, -0.15) is 0 Å². The van der Waals surface area contributed by atoms with Crippen molar-refractivity contribution in [3.8, 4) is 11.4 Å². The van der Waals surface area contributed by atoms with E-state index in [0.717, 1.165) is 33.2 Å². The van der Waals surface area contributed by atoms with Crippen molar-refractivity contribution in [3.05, 3.63) is 66.2 Å². The highest BCUT2D eigenvalue weighted by Gasteiger charge is 2.27. The molecule has 2 heterocycles. The van der Waals surface area contributed by atoms with Crippen LogP contribution in [0.15, 0.2) is 60.7 Å². The molecular weight excluding hydrogens is 380 g/mol. The van der Waals surface area contributed by atoms with E-state index in [1.807, 2.05) is 67.2 Å². The Balaban J connectivity index is 2.14. The summed E-state index contributed by atoms with van der Waals surface area (Å²) in [5.41, 5.74) is 4.53. The topological polar surface area (TPSA) is 62.5 Å². The number of hydrogen-bond acceptors (Lipinski definition) is 4. The van der Waals surface area contributed by atoms with Gasteiger partial charge >= 0.3 is 11.9 Å². The second-order valence-electron chi connectivity index (χ2n) is 7.02. The highest BCUT2D eigenvalue weighted by Crippen LogP contribution is 2.39. The maximum Gasteiger partial charge on any atom is 0.338 e. The zero-order valence-corrected chi connectivity index (χ0v) is 17.3. The molecule has 0 spiro atoms.